The van der Waals surface area contributed by atoms with Crippen molar-refractivity contribution in [3.8, 4) is 11.5 Å². The summed E-state index contributed by atoms with van der Waals surface area (Å²) < 4.78 is 38.7. The maximum atomic E-state index is 11.1. The zero-order valence-corrected chi connectivity index (χ0v) is 32.6. The maximum absolute atomic E-state index is 11.1. The van der Waals surface area contributed by atoms with Gasteiger partial charge in [0, 0.05) is 0 Å². The molecule has 10 heteroatoms. The zero-order chi connectivity index (χ0) is 36.7. The van der Waals surface area contributed by atoms with E-state index >= 15 is 0 Å². The molecule has 5 aromatic carbocycles. The van der Waals surface area contributed by atoms with Crippen molar-refractivity contribution < 1.29 is 36.8 Å². The van der Waals surface area contributed by atoms with Gasteiger partial charge < -0.3 is 0 Å². The molecule has 0 aromatic heterocycles. The number of hydrogen-bond acceptors (Lipinski definition) is 8. The van der Waals surface area contributed by atoms with Crippen molar-refractivity contribution >= 4 is 25.9 Å². The molecule has 3 aliphatic rings. The molecule has 5 aromatic rings. The van der Waals surface area contributed by atoms with Crippen LogP contribution in [0.15, 0.2) is 127 Å². The van der Waals surface area contributed by atoms with Crippen LogP contribution in [-0.2, 0) is 48.5 Å². The van der Waals surface area contributed by atoms with E-state index in [1.54, 1.807) is 7.11 Å². The monoisotopic (exact) mass is 844 g/mol. The van der Waals surface area contributed by atoms with Crippen LogP contribution < -0.4 is 14.3 Å². The molecule has 54 heavy (non-hydrogen) atoms. The molecule has 2 unspecified atom stereocenters. The van der Waals surface area contributed by atoms with E-state index < -0.39 is 41.5 Å². The molecule has 8 rings (SSSR count). The number of aliphatic hydroxyl groups is 1. The Balaban J connectivity index is 1.20. The van der Waals surface area contributed by atoms with E-state index in [1.807, 2.05) is 97.1 Å². The second kappa shape index (κ2) is 17.3. The van der Waals surface area contributed by atoms with Gasteiger partial charge in [0.1, 0.15) is 0 Å². The molecular weight excluding hydrogens is 797 g/mol. The van der Waals surface area contributed by atoms with Crippen LogP contribution in [0.4, 0.5) is 5.69 Å². The van der Waals surface area contributed by atoms with Crippen LogP contribution in [0.1, 0.15) is 52.1 Å². The van der Waals surface area contributed by atoms with Gasteiger partial charge in [-0.1, -0.05) is 0 Å². The van der Waals surface area contributed by atoms with Crippen LogP contribution in [-0.4, -0.2) is 46.5 Å². The number of benzene rings is 5. The quantitative estimate of drug-likeness (QED) is 0.0637. The topological polar surface area (TPSA) is 84.8 Å². The van der Waals surface area contributed by atoms with Gasteiger partial charge in [-0.25, -0.2) is 0 Å². The summed E-state index contributed by atoms with van der Waals surface area (Å²) in [5, 5.41) is 11.1. The van der Waals surface area contributed by atoms with Crippen molar-refractivity contribution in [1.29, 1.82) is 0 Å². The Bertz CT molecular complexity index is 1960. The van der Waals surface area contributed by atoms with Crippen molar-refractivity contribution in [2.24, 2.45) is 0 Å². The molecule has 1 saturated heterocycles. The summed E-state index contributed by atoms with van der Waals surface area (Å²) in [7, 11) is 1.64. The Morgan fingerprint density at radius 1 is 0.667 bits per heavy atom. The summed E-state index contributed by atoms with van der Waals surface area (Å²) in [6.45, 7) is 2.03. The minimum absolute atomic E-state index is 0.173. The summed E-state index contributed by atoms with van der Waals surface area (Å²) in [6, 6.07) is 42.9. The number of nitrogens with zero attached hydrogens (tertiary/aromatic N) is 1. The van der Waals surface area contributed by atoms with Crippen LogP contribution in [0.5, 0.6) is 11.5 Å². The first kappa shape index (κ1) is 37.1. The van der Waals surface area contributed by atoms with E-state index in [1.165, 1.54) is 11.1 Å². The van der Waals surface area contributed by atoms with E-state index in [0.717, 1.165) is 52.3 Å². The fourth-order valence-electron chi connectivity index (χ4n) is 7.12. The van der Waals surface area contributed by atoms with Gasteiger partial charge in [-0.05, 0) is 0 Å². The number of alkyl halides is 2. The molecule has 1 N–H and O–H groups in total. The molecule has 4 atom stereocenters. The van der Waals surface area contributed by atoms with Gasteiger partial charge in [-0.3, -0.25) is 0 Å². The summed E-state index contributed by atoms with van der Waals surface area (Å²) in [4.78, 5) is 6.10. The Kier molecular flexibility index (Phi) is 11.9. The number of ether oxygens (including phenoxy) is 5. The number of hydrogen-bond donors (Lipinski definition) is 1. The average Bonchev–Trinajstić information content (AvgIpc) is 4.08. The number of quaternary nitrogens is 1. The molecular formula is C44H47INO8+. The van der Waals surface area contributed by atoms with Crippen molar-refractivity contribution in [3.05, 3.63) is 161 Å². The van der Waals surface area contributed by atoms with Gasteiger partial charge >= 0.3 is 326 Å². The third-order valence-corrected chi connectivity index (χ3v) is 14.2. The first-order valence-corrected chi connectivity index (χ1v) is 22.2. The number of rotatable bonds is 15. The Labute approximate surface area is 324 Å². The van der Waals surface area contributed by atoms with Gasteiger partial charge in [-0.2, -0.15) is 0 Å². The minimum atomic E-state index is -2.90. The Hall–Kier alpha value is -3.85. The Morgan fingerprint density at radius 3 is 1.89 bits per heavy atom. The first-order valence-electron chi connectivity index (χ1n) is 18.5. The van der Waals surface area contributed by atoms with Crippen LogP contribution in [0, 0.1) is 0 Å². The van der Waals surface area contributed by atoms with Crippen molar-refractivity contribution in [3.63, 3.8) is 0 Å². The molecule has 1 aliphatic carbocycles. The van der Waals surface area contributed by atoms with Crippen molar-refractivity contribution in [2.45, 2.75) is 61.4 Å². The molecule has 0 radical (unpaired) electrons. The second-order valence-corrected chi connectivity index (χ2v) is 18.0. The van der Waals surface area contributed by atoms with Gasteiger partial charge in [0.05, 0.1) is 0 Å². The fourth-order valence-corrected chi connectivity index (χ4v) is 11.2. The predicted octanol–water partition coefficient (Wildman–Crippen LogP) is 8.78. The van der Waals surface area contributed by atoms with Gasteiger partial charge in [0.25, 0.3) is 0 Å². The van der Waals surface area contributed by atoms with E-state index in [2.05, 4.69) is 30.3 Å². The molecule has 9 nitrogen and oxygen atoms in total. The van der Waals surface area contributed by atoms with Gasteiger partial charge in [-0.15, -0.1) is 0 Å². The van der Waals surface area contributed by atoms with E-state index in [9.17, 15) is 5.11 Å². The summed E-state index contributed by atoms with van der Waals surface area (Å²) in [5.74, 6) is 2.05. The third kappa shape index (κ3) is 8.36. The number of fused-ring (bicyclic) bond motifs is 1. The number of halogens is 1. The number of aliphatic hydroxyl groups excluding tert-OH is 1. The Morgan fingerprint density at radius 2 is 1.28 bits per heavy atom. The first-order chi connectivity index (χ1) is 26.6. The standard InChI is InChI=1S/C44H47INO8/c1-48-46(38-20-21-39(36-18-19-36)37(27-38)25-35-17-22-40-41(26-35)50-24-23-49-40)44(53-30-34-15-9-4-10-16-34)42(51-28-32-11-5-2-6-12-32)43(45(31-47)54-46)52-29-33-13-7-3-8-14-33/h2-17,20-22,26-27,36,42-44,47H,18-19,23-25,28-31H2,1H3/q+1/t42?,43-,44+,46?/m0/s1. The molecule has 2 heterocycles. The zero-order valence-electron chi connectivity index (χ0n) is 30.4. The fraction of sp³-hybridized carbons (Fsp3) is 0.318. The van der Waals surface area contributed by atoms with Crippen molar-refractivity contribution in [1.82, 2.24) is 4.81 Å². The average molecular weight is 845 g/mol. The van der Waals surface area contributed by atoms with Gasteiger partial charge in [0.15, 0.2) is 0 Å². The van der Waals surface area contributed by atoms with Crippen LogP contribution >= 0.6 is 20.2 Å². The number of hydroxylamine groups is 2. The molecule has 282 valence electrons. The predicted molar refractivity (Wildman–Crippen MR) is 215 cm³/mol. The van der Waals surface area contributed by atoms with E-state index in [-0.39, 0.29) is 11.2 Å². The summed E-state index contributed by atoms with van der Waals surface area (Å²) in [5.41, 5.74) is 7.43. The van der Waals surface area contributed by atoms with E-state index in [4.69, 9.17) is 31.7 Å². The van der Waals surface area contributed by atoms with Crippen LogP contribution in [0.25, 0.3) is 0 Å². The van der Waals surface area contributed by atoms with Crippen molar-refractivity contribution in [2.75, 3.05) is 24.9 Å². The van der Waals surface area contributed by atoms with Gasteiger partial charge in [0.2, 0.25) is 0 Å². The molecule has 0 bridgehead atoms. The summed E-state index contributed by atoms with van der Waals surface area (Å²) >= 11 is -2.90. The molecule has 2 fully saturated rings. The normalized spacial score (nSPS) is 22.9. The van der Waals surface area contributed by atoms with E-state index in [0.29, 0.717) is 38.8 Å². The second-order valence-electron chi connectivity index (χ2n) is 13.7. The molecule has 0 spiro atoms. The SMILES string of the molecule is CO[N+]1(c2ccc(C3CC3)c(Cc3ccc4c(c3)OCCO4)c2)OI(CO)[C@@H](OCc2ccccc2)C(OCc2ccccc2)[C@H]1OCc1ccccc1. The van der Waals surface area contributed by atoms with Crippen LogP contribution in [0.3, 0.4) is 0 Å². The third-order valence-electron chi connectivity index (χ3n) is 10.0. The molecule has 0 amide bonds. The molecule has 1 saturated carbocycles. The summed E-state index contributed by atoms with van der Waals surface area (Å²) in [6.07, 6.45) is 1.52. The molecule has 2 aliphatic heterocycles. The van der Waals surface area contributed by atoms with Crippen LogP contribution in [0.2, 0.25) is 0 Å².